The molecule has 0 N–H and O–H groups in total. The summed E-state index contributed by atoms with van der Waals surface area (Å²) in [5.74, 6) is 1.41. The van der Waals surface area contributed by atoms with Crippen molar-refractivity contribution in [3.63, 3.8) is 0 Å². The van der Waals surface area contributed by atoms with Crippen molar-refractivity contribution in [2.75, 3.05) is 19.5 Å². The maximum Gasteiger partial charge on any atom is 0.160 e. The van der Waals surface area contributed by atoms with Gasteiger partial charge in [-0.25, -0.2) is 0 Å². The molecule has 0 saturated heterocycles. The van der Waals surface area contributed by atoms with Gasteiger partial charge in [-0.3, -0.25) is 0 Å². The molecular formula is C23H28BrNO2S. The van der Waals surface area contributed by atoms with Gasteiger partial charge in [0.15, 0.2) is 11.5 Å². The molecule has 3 nitrogen and oxygen atoms in total. The van der Waals surface area contributed by atoms with Crippen molar-refractivity contribution < 1.29 is 9.47 Å². The average molecular weight is 462 g/mol. The van der Waals surface area contributed by atoms with E-state index in [1.165, 1.54) is 5.56 Å². The van der Waals surface area contributed by atoms with E-state index in [2.05, 4.69) is 53.2 Å². The van der Waals surface area contributed by atoms with E-state index in [1.54, 1.807) is 26.0 Å². The van der Waals surface area contributed by atoms with Gasteiger partial charge in [0.25, 0.3) is 0 Å². The minimum absolute atomic E-state index is 0.513. The normalized spacial score (nSPS) is 12.8. The van der Waals surface area contributed by atoms with E-state index < -0.39 is 4.75 Å². The van der Waals surface area contributed by atoms with Crippen LogP contribution in [-0.2, 0) is 6.42 Å². The molecule has 1 atom stereocenters. The summed E-state index contributed by atoms with van der Waals surface area (Å²) >= 11 is 5.17. The van der Waals surface area contributed by atoms with Crippen molar-refractivity contribution in [2.45, 2.75) is 48.7 Å². The Morgan fingerprint density at radius 1 is 1.00 bits per heavy atom. The Morgan fingerprint density at radius 2 is 1.71 bits per heavy atom. The van der Waals surface area contributed by atoms with E-state index in [4.69, 9.17) is 9.47 Å². The van der Waals surface area contributed by atoms with Gasteiger partial charge in [-0.1, -0.05) is 52.5 Å². The van der Waals surface area contributed by atoms with Gasteiger partial charge in [-0.2, -0.15) is 5.26 Å². The van der Waals surface area contributed by atoms with Crippen LogP contribution in [0, 0.1) is 18.3 Å². The first-order chi connectivity index (χ1) is 13.6. The van der Waals surface area contributed by atoms with Crippen LogP contribution in [0.4, 0.5) is 0 Å². The zero-order valence-electron chi connectivity index (χ0n) is 16.8. The number of hydrogen-bond donors (Lipinski definition) is 0. The van der Waals surface area contributed by atoms with Crippen molar-refractivity contribution >= 4 is 27.7 Å². The summed E-state index contributed by atoms with van der Waals surface area (Å²) in [6.45, 7) is 2.08. The molecule has 0 aliphatic heterocycles. The summed E-state index contributed by atoms with van der Waals surface area (Å²) in [4.78, 5) is 1.13. The van der Waals surface area contributed by atoms with Crippen LogP contribution < -0.4 is 9.47 Å². The molecule has 28 heavy (non-hydrogen) atoms. The smallest absolute Gasteiger partial charge is 0.160 e. The zero-order valence-corrected chi connectivity index (χ0v) is 19.2. The Bertz CT molecular complexity index is 788. The van der Waals surface area contributed by atoms with Gasteiger partial charge in [-0.15, -0.1) is 11.8 Å². The number of halogens is 1. The largest absolute Gasteiger partial charge is 0.493 e. The molecule has 0 spiro atoms. The summed E-state index contributed by atoms with van der Waals surface area (Å²) in [5, 5.41) is 11.2. The third kappa shape index (κ3) is 6.46. The number of nitriles is 1. The van der Waals surface area contributed by atoms with Crippen molar-refractivity contribution in [1.82, 2.24) is 0 Å². The highest BCUT2D eigenvalue weighted by Crippen LogP contribution is 2.41. The minimum atomic E-state index is -0.513. The van der Waals surface area contributed by atoms with Gasteiger partial charge in [-0.05, 0) is 49.6 Å². The van der Waals surface area contributed by atoms with Gasteiger partial charge in [0, 0.05) is 16.6 Å². The fourth-order valence-electron chi connectivity index (χ4n) is 3.13. The van der Waals surface area contributed by atoms with Crippen LogP contribution in [0.15, 0.2) is 47.4 Å². The molecule has 2 rings (SSSR count). The molecule has 0 aromatic heterocycles. The number of rotatable bonds is 11. The molecule has 150 valence electrons. The van der Waals surface area contributed by atoms with E-state index in [-0.39, 0.29) is 0 Å². The van der Waals surface area contributed by atoms with E-state index in [0.29, 0.717) is 17.9 Å². The number of methoxy groups -OCH3 is 2. The molecule has 0 radical (unpaired) electrons. The molecule has 0 saturated carbocycles. The summed E-state index contributed by atoms with van der Waals surface area (Å²) in [6.07, 6.45) is 4.80. The van der Waals surface area contributed by atoms with Crippen LogP contribution in [0.25, 0.3) is 0 Å². The third-order valence-corrected chi connectivity index (χ3v) is 6.59. The molecular weight excluding hydrogens is 434 g/mol. The molecule has 0 bridgehead atoms. The van der Waals surface area contributed by atoms with Gasteiger partial charge >= 0.3 is 0 Å². The molecule has 2 aromatic carbocycles. The van der Waals surface area contributed by atoms with Crippen molar-refractivity contribution in [1.29, 1.82) is 5.26 Å². The second-order valence-corrected chi connectivity index (χ2v) is 9.14. The molecule has 0 fully saturated rings. The molecule has 0 heterocycles. The van der Waals surface area contributed by atoms with E-state index in [9.17, 15) is 5.26 Å². The lowest BCUT2D eigenvalue weighted by Crippen LogP contribution is -2.26. The minimum Gasteiger partial charge on any atom is -0.493 e. The predicted octanol–water partition coefficient (Wildman–Crippen LogP) is 6.56. The van der Waals surface area contributed by atoms with Gasteiger partial charge in [0.05, 0.1) is 20.3 Å². The number of alkyl halides is 1. The average Bonchev–Trinajstić information content (AvgIpc) is 2.72. The summed E-state index contributed by atoms with van der Waals surface area (Å²) in [7, 11) is 3.27. The molecule has 5 heteroatoms. The van der Waals surface area contributed by atoms with E-state index in [1.807, 2.05) is 18.2 Å². The van der Waals surface area contributed by atoms with Crippen LogP contribution in [0.1, 0.15) is 36.8 Å². The molecule has 2 aromatic rings. The lowest BCUT2D eigenvalue weighted by Gasteiger charge is -2.27. The molecule has 0 aliphatic rings. The van der Waals surface area contributed by atoms with E-state index in [0.717, 1.165) is 41.5 Å². The standard InChI is InChI=1S/C23H28BrNO2S/c1-18-7-10-20(11-8-18)28-23(17-25,13-5-4-6-14-24)16-19-9-12-21(26-2)22(15-19)27-3/h7-12,15H,4-6,13-14,16H2,1-3H3. The van der Waals surface area contributed by atoms with Crippen molar-refractivity contribution in [2.24, 2.45) is 0 Å². The summed E-state index contributed by atoms with van der Waals surface area (Å²) in [6, 6.07) is 17.0. The van der Waals surface area contributed by atoms with Crippen molar-refractivity contribution in [3.8, 4) is 17.6 Å². The van der Waals surface area contributed by atoms with Crippen molar-refractivity contribution in [3.05, 3.63) is 53.6 Å². The Hall–Kier alpha value is -1.64. The highest BCUT2D eigenvalue weighted by atomic mass is 79.9. The number of hydrogen-bond acceptors (Lipinski definition) is 4. The maximum absolute atomic E-state index is 10.2. The molecule has 0 aliphatic carbocycles. The SMILES string of the molecule is COc1ccc(CC(C#N)(CCCCCBr)Sc2ccc(C)cc2)cc1OC. The van der Waals surface area contributed by atoms with E-state index >= 15 is 0 Å². The number of ether oxygens (including phenoxy) is 2. The van der Waals surface area contributed by atoms with Crippen LogP contribution in [0.3, 0.4) is 0 Å². The first kappa shape index (κ1) is 22.6. The van der Waals surface area contributed by atoms with Gasteiger partial charge in [0.2, 0.25) is 0 Å². The Labute approximate surface area is 181 Å². The summed E-state index contributed by atoms with van der Waals surface area (Å²) in [5.41, 5.74) is 2.31. The fraction of sp³-hybridized carbons (Fsp3) is 0.435. The van der Waals surface area contributed by atoms with Crippen LogP contribution in [-0.4, -0.2) is 24.3 Å². The zero-order chi connectivity index (χ0) is 20.4. The first-order valence-corrected chi connectivity index (χ1v) is 11.4. The van der Waals surface area contributed by atoms with Gasteiger partial charge < -0.3 is 9.47 Å². The van der Waals surface area contributed by atoms with Crippen LogP contribution in [0.5, 0.6) is 11.5 Å². The van der Waals surface area contributed by atoms with Crippen LogP contribution >= 0.6 is 27.7 Å². The maximum atomic E-state index is 10.2. The number of benzene rings is 2. The Balaban J connectivity index is 2.28. The second kappa shape index (κ2) is 11.4. The summed E-state index contributed by atoms with van der Waals surface area (Å²) < 4.78 is 10.3. The Morgan fingerprint density at radius 3 is 2.32 bits per heavy atom. The number of unbranched alkanes of at least 4 members (excludes halogenated alkanes) is 2. The number of thioether (sulfide) groups is 1. The topological polar surface area (TPSA) is 42.2 Å². The number of aryl methyl sites for hydroxylation is 1. The highest BCUT2D eigenvalue weighted by molar-refractivity contribution is 9.09. The quantitative estimate of drug-likeness (QED) is 0.215. The lowest BCUT2D eigenvalue weighted by molar-refractivity contribution is 0.354. The lowest BCUT2D eigenvalue weighted by atomic mass is 9.93. The molecule has 1 unspecified atom stereocenters. The monoisotopic (exact) mass is 461 g/mol. The predicted molar refractivity (Wildman–Crippen MR) is 121 cm³/mol. The highest BCUT2D eigenvalue weighted by Gasteiger charge is 2.32. The third-order valence-electron chi connectivity index (χ3n) is 4.69. The van der Waals surface area contributed by atoms with Crippen LogP contribution in [0.2, 0.25) is 0 Å². The number of nitrogens with zero attached hydrogens (tertiary/aromatic N) is 1. The Kier molecular flexibility index (Phi) is 9.21. The molecule has 0 amide bonds. The first-order valence-electron chi connectivity index (χ1n) is 9.49. The van der Waals surface area contributed by atoms with Gasteiger partial charge in [0.1, 0.15) is 4.75 Å². The second-order valence-electron chi connectivity index (χ2n) is 6.89. The fourth-order valence-corrected chi connectivity index (χ4v) is 4.78.